The molecular weight excluding hydrogens is 628 g/mol. The van der Waals surface area contributed by atoms with E-state index in [-0.39, 0.29) is 23.0 Å². The van der Waals surface area contributed by atoms with Crippen molar-refractivity contribution in [3.63, 3.8) is 0 Å². The Labute approximate surface area is 274 Å². The number of imidazole rings is 2. The number of carbonyl (C=O) groups is 2. The normalized spacial score (nSPS) is 11.3. The van der Waals surface area contributed by atoms with Gasteiger partial charge in [-0.05, 0) is 47.0 Å². The maximum atomic E-state index is 11.5. The number of nitro groups is 2. The van der Waals surface area contributed by atoms with Crippen molar-refractivity contribution in [2.75, 3.05) is 26.2 Å². The zero-order valence-corrected chi connectivity index (χ0v) is 26.5. The molecule has 4 aromatic rings. The fourth-order valence-electron chi connectivity index (χ4n) is 5.32. The number of aromatic carboxylic acids is 2. The Morgan fingerprint density at radius 3 is 1.46 bits per heavy atom. The van der Waals surface area contributed by atoms with Crippen LogP contribution >= 0.6 is 0 Å². The third kappa shape index (κ3) is 9.46. The molecule has 18 nitrogen and oxygen atoms in total. The first kappa shape index (κ1) is 35.2. The van der Waals surface area contributed by atoms with Crippen molar-refractivity contribution >= 4 is 23.6 Å². The fourth-order valence-corrected chi connectivity index (χ4v) is 5.32. The van der Waals surface area contributed by atoms with Gasteiger partial charge in [-0.1, -0.05) is 12.1 Å². The summed E-state index contributed by atoms with van der Waals surface area (Å²) in [5, 5.41) is 41.8. The van der Waals surface area contributed by atoms with Gasteiger partial charge in [0.25, 0.3) is 0 Å². The molecule has 0 saturated carbocycles. The Morgan fingerprint density at radius 1 is 0.708 bits per heavy atom. The molecule has 4 aromatic heterocycles. The van der Waals surface area contributed by atoms with E-state index in [1.807, 2.05) is 0 Å². The minimum atomic E-state index is -1.15. The van der Waals surface area contributed by atoms with Gasteiger partial charge in [0, 0.05) is 53.1 Å². The zero-order chi connectivity index (χ0) is 34.8. The molecule has 0 unspecified atom stereocenters. The molecular formula is C30H36N10O8. The molecule has 0 radical (unpaired) electrons. The Bertz CT molecular complexity index is 1640. The minimum absolute atomic E-state index is 0.0907. The van der Waals surface area contributed by atoms with Crippen LogP contribution in [0.5, 0.6) is 0 Å². The molecule has 2 N–H and O–H groups in total. The molecule has 0 saturated heterocycles. The van der Waals surface area contributed by atoms with Crippen LogP contribution in [0.4, 0.5) is 11.6 Å². The quantitative estimate of drug-likeness (QED) is 0.108. The summed E-state index contributed by atoms with van der Waals surface area (Å²) < 4.78 is 3.07. The van der Waals surface area contributed by atoms with Crippen LogP contribution in [0.15, 0.2) is 48.8 Å². The van der Waals surface area contributed by atoms with Crippen molar-refractivity contribution in [1.29, 1.82) is 0 Å². The van der Waals surface area contributed by atoms with Gasteiger partial charge in [0.2, 0.25) is 0 Å². The third-order valence-corrected chi connectivity index (χ3v) is 7.71. The van der Waals surface area contributed by atoms with Crippen molar-refractivity contribution in [3.8, 4) is 0 Å². The number of nitrogens with zero attached hydrogens (tertiary/aromatic N) is 10. The van der Waals surface area contributed by atoms with E-state index in [0.29, 0.717) is 88.2 Å². The van der Waals surface area contributed by atoms with Gasteiger partial charge in [-0.25, -0.2) is 38.7 Å². The second-order valence-corrected chi connectivity index (χ2v) is 11.0. The summed E-state index contributed by atoms with van der Waals surface area (Å²) in [6.07, 6.45) is 3.48. The van der Waals surface area contributed by atoms with E-state index < -0.39 is 21.8 Å². The second kappa shape index (κ2) is 16.3. The van der Waals surface area contributed by atoms with Crippen molar-refractivity contribution in [2.24, 2.45) is 0 Å². The Balaban J connectivity index is 1.52. The van der Waals surface area contributed by atoms with Crippen LogP contribution in [0, 0.1) is 34.1 Å². The average Bonchev–Trinajstić information content (AvgIpc) is 3.61. The van der Waals surface area contributed by atoms with Gasteiger partial charge in [-0.3, -0.25) is 9.80 Å². The monoisotopic (exact) mass is 664 g/mol. The van der Waals surface area contributed by atoms with Crippen molar-refractivity contribution < 1.29 is 29.6 Å². The van der Waals surface area contributed by atoms with E-state index in [2.05, 4.69) is 29.7 Å². The lowest BCUT2D eigenvalue weighted by Gasteiger charge is -2.27. The summed E-state index contributed by atoms with van der Waals surface area (Å²) in [5.41, 5.74) is 0.883. The molecule has 0 aliphatic carbocycles. The Morgan fingerprint density at radius 2 is 1.10 bits per heavy atom. The summed E-state index contributed by atoms with van der Waals surface area (Å²) >= 11 is 0. The van der Waals surface area contributed by atoms with Gasteiger partial charge in [-0.15, -0.1) is 0 Å². The lowest BCUT2D eigenvalue weighted by Crippen LogP contribution is -2.36. The molecule has 254 valence electrons. The molecule has 0 spiro atoms. The number of carboxylic acid groups (broad SMARTS) is 2. The molecule has 18 heteroatoms. The number of rotatable bonds is 19. The molecule has 0 fully saturated rings. The van der Waals surface area contributed by atoms with E-state index in [9.17, 15) is 40.0 Å². The van der Waals surface area contributed by atoms with Crippen molar-refractivity contribution in [3.05, 3.63) is 103 Å². The summed E-state index contributed by atoms with van der Waals surface area (Å²) in [4.78, 5) is 65.9. The van der Waals surface area contributed by atoms with Crippen molar-refractivity contribution in [2.45, 2.75) is 52.9 Å². The number of aromatic nitrogens is 6. The Kier molecular flexibility index (Phi) is 12.0. The van der Waals surface area contributed by atoms with Crippen LogP contribution in [-0.2, 0) is 26.2 Å². The standard InChI is InChI=1S/C30H36N10O8/c1-21-31-17-27(39(45)46)37(21)13-5-11-35(19-23-7-3-9-25(33-23)29(41)42)15-16-36(20-24-8-4-10-26(34-24)30(43)44)12-6-14-38-22(2)32-18-28(38)40(47)48/h3-4,7-10,17-18H,5-6,11-16,19-20H2,1-2H3,(H,41,42)(H,43,44). The average molecular weight is 665 g/mol. The first-order valence-electron chi connectivity index (χ1n) is 15.1. The molecule has 0 amide bonds. The van der Waals surface area contributed by atoms with Crippen molar-refractivity contribution in [1.82, 2.24) is 38.9 Å². The predicted octanol–water partition coefficient (Wildman–Crippen LogP) is 3.18. The molecule has 0 aromatic carbocycles. The van der Waals surface area contributed by atoms with Crippen LogP contribution in [0.1, 0.15) is 56.9 Å². The lowest BCUT2D eigenvalue weighted by molar-refractivity contribution is -0.392. The highest BCUT2D eigenvalue weighted by molar-refractivity contribution is 5.85. The van der Waals surface area contributed by atoms with E-state index in [1.54, 1.807) is 38.1 Å². The molecule has 0 aliphatic rings. The predicted molar refractivity (Wildman–Crippen MR) is 169 cm³/mol. The number of carboxylic acids is 2. The van der Waals surface area contributed by atoms with Crippen LogP contribution in [0.3, 0.4) is 0 Å². The van der Waals surface area contributed by atoms with Crippen LogP contribution in [0.25, 0.3) is 0 Å². The van der Waals surface area contributed by atoms with Gasteiger partial charge in [-0.2, -0.15) is 0 Å². The summed E-state index contributed by atoms with van der Waals surface area (Å²) in [6.45, 7) is 6.54. The van der Waals surface area contributed by atoms with Crippen LogP contribution < -0.4 is 0 Å². The number of hydrogen-bond acceptors (Lipinski definition) is 12. The molecule has 4 rings (SSSR count). The van der Waals surface area contributed by atoms with Gasteiger partial charge in [0.1, 0.15) is 23.8 Å². The topological polar surface area (TPSA) is 229 Å². The van der Waals surface area contributed by atoms with Gasteiger partial charge in [0.15, 0.2) is 11.6 Å². The molecule has 48 heavy (non-hydrogen) atoms. The zero-order valence-electron chi connectivity index (χ0n) is 26.5. The van der Waals surface area contributed by atoms with E-state index in [4.69, 9.17) is 0 Å². The number of aryl methyl sites for hydroxylation is 2. The first-order chi connectivity index (χ1) is 22.9. The summed E-state index contributed by atoms with van der Waals surface area (Å²) in [5.74, 6) is -1.49. The van der Waals surface area contributed by atoms with Crippen LogP contribution in [0.2, 0.25) is 0 Å². The van der Waals surface area contributed by atoms with Gasteiger partial charge >= 0.3 is 23.6 Å². The number of hydrogen-bond donors (Lipinski definition) is 2. The highest BCUT2D eigenvalue weighted by atomic mass is 16.6. The largest absolute Gasteiger partial charge is 0.477 e. The molecule has 0 atom stereocenters. The maximum absolute atomic E-state index is 11.5. The SMILES string of the molecule is Cc1ncc([N+](=O)[O-])n1CCCN(CCN(CCCn1c([N+](=O)[O-])cnc1C)Cc1cccc(C(=O)O)n1)Cc1cccc(C(=O)O)n1. The van der Waals surface area contributed by atoms with Gasteiger partial charge in [0.05, 0.1) is 24.5 Å². The fraction of sp³-hybridized carbons (Fsp3) is 0.400. The highest BCUT2D eigenvalue weighted by Crippen LogP contribution is 2.17. The molecule has 4 heterocycles. The third-order valence-electron chi connectivity index (χ3n) is 7.71. The molecule has 0 bridgehead atoms. The minimum Gasteiger partial charge on any atom is -0.477 e. The van der Waals surface area contributed by atoms with Gasteiger partial charge < -0.3 is 30.4 Å². The summed E-state index contributed by atoms with van der Waals surface area (Å²) in [6, 6.07) is 9.50. The van der Waals surface area contributed by atoms with E-state index >= 15 is 0 Å². The maximum Gasteiger partial charge on any atom is 0.354 e. The van der Waals surface area contributed by atoms with Crippen LogP contribution in [-0.4, -0.2) is 97.0 Å². The second-order valence-electron chi connectivity index (χ2n) is 11.0. The first-order valence-corrected chi connectivity index (χ1v) is 15.1. The molecule has 0 aliphatic heterocycles. The van der Waals surface area contributed by atoms with E-state index in [1.165, 1.54) is 33.7 Å². The summed E-state index contributed by atoms with van der Waals surface area (Å²) in [7, 11) is 0. The Hall–Kier alpha value is -5.62. The smallest absolute Gasteiger partial charge is 0.354 e. The lowest BCUT2D eigenvalue weighted by atomic mass is 10.2. The highest BCUT2D eigenvalue weighted by Gasteiger charge is 2.20. The van der Waals surface area contributed by atoms with E-state index in [0.717, 1.165) is 0 Å². The number of pyridine rings is 2.